The molecule has 0 unspecified atom stereocenters. The Morgan fingerprint density at radius 1 is 1.36 bits per heavy atom. The number of aromatic nitrogens is 3. The van der Waals surface area contributed by atoms with Crippen LogP contribution in [-0.4, -0.2) is 21.1 Å². The van der Waals surface area contributed by atoms with Gasteiger partial charge >= 0.3 is 0 Å². The van der Waals surface area contributed by atoms with E-state index in [0.717, 1.165) is 26.7 Å². The van der Waals surface area contributed by atoms with Crippen LogP contribution in [0.2, 0.25) is 0 Å². The number of para-hydroxylation sites is 1. The summed E-state index contributed by atoms with van der Waals surface area (Å²) in [6, 6.07) is 9.54. The molecule has 0 aliphatic carbocycles. The lowest BCUT2D eigenvalue weighted by molar-refractivity contribution is 0.0997. The van der Waals surface area contributed by atoms with Crippen LogP contribution in [0.4, 0.5) is 5.82 Å². The van der Waals surface area contributed by atoms with Crippen molar-refractivity contribution in [2.75, 3.05) is 5.32 Å². The van der Waals surface area contributed by atoms with E-state index in [2.05, 4.69) is 34.3 Å². The summed E-state index contributed by atoms with van der Waals surface area (Å²) in [5.41, 5.74) is 3.53. The molecule has 0 radical (unpaired) electrons. The molecule has 28 heavy (non-hydrogen) atoms. The van der Waals surface area contributed by atoms with Crippen molar-refractivity contribution in [1.29, 1.82) is 0 Å². The zero-order chi connectivity index (χ0) is 19.7. The Morgan fingerprint density at radius 2 is 2.18 bits per heavy atom. The minimum atomic E-state index is -0.302. The summed E-state index contributed by atoms with van der Waals surface area (Å²) < 4.78 is 6.88. The average molecular weight is 413 g/mol. The van der Waals surface area contributed by atoms with Gasteiger partial charge in [-0.1, -0.05) is 43.8 Å². The van der Waals surface area contributed by atoms with Crippen molar-refractivity contribution in [3.8, 4) is 0 Å². The summed E-state index contributed by atoms with van der Waals surface area (Å²) >= 11 is 3.21. The highest BCUT2D eigenvalue weighted by Crippen LogP contribution is 2.33. The van der Waals surface area contributed by atoms with E-state index >= 15 is 0 Å². The van der Waals surface area contributed by atoms with E-state index < -0.39 is 0 Å². The summed E-state index contributed by atoms with van der Waals surface area (Å²) in [6.45, 7) is 6.10. The highest BCUT2D eigenvalue weighted by atomic mass is 32.2. The largest absolute Gasteiger partial charge is 0.451 e. The van der Waals surface area contributed by atoms with E-state index in [0.29, 0.717) is 28.8 Å². The summed E-state index contributed by atoms with van der Waals surface area (Å²) in [5.74, 6) is 1.41. The number of carbonyl (C=O) groups excluding carboxylic acids is 1. The van der Waals surface area contributed by atoms with Crippen LogP contribution in [0, 0.1) is 6.92 Å². The van der Waals surface area contributed by atoms with E-state index in [-0.39, 0.29) is 5.91 Å². The Kier molecular flexibility index (Phi) is 5.23. The molecule has 3 aromatic heterocycles. The Hall–Kier alpha value is -2.58. The maximum atomic E-state index is 12.9. The first-order valence-corrected chi connectivity index (χ1v) is 10.8. The molecule has 4 rings (SSSR count). The number of nitrogens with one attached hydrogen (secondary N) is 2. The number of benzene rings is 1. The van der Waals surface area contributed by atoms with Gasteiger partial charge in [0, 0.05) is 39.5 Å². The standard InChI is InChI=1S/C20H20N4O2S2/c1-11(2)15-8-17(24-23-15)22-19(25)18-14(10-28-20-21-12(3)9-27-20)13-6-4-5-7-16(13)26-18/h4-9,11H,10H2,1-3H3,(H2,22,23,24,25). The molecular formula is C20H20N4O2S2. The fraction of sp³-hybridized carbons (Fsp3) is 0.250. The molecule has 0 spiro atoms. The van der Waals surface area contributed by atoms with Gasteiger partial charge in [0.05, 0.1) is 0 Å². The second-order valence-corrected chi connectivity index (χ2v) is 8.85. The second kappa shape index (κ2) is 7.81. The van der Waals surface area contributed by atoms with Crippen LogP contribution in [0.1, 0.15) is 47.3 Å². The first-order chi connectivity index (χ1) is 13.5. The second-order valence-electron chi connectivity index (χ2n) is 6.77. The topological polar surface area (TPSA) is 83.8 Å². The first kappa shape index (κ1) is 18.8. The third-order valence-corrected chi connectivity index (χ3v) is 6.47. The zero-order valence-corrected chi connectivity index (χ0v) is 17.4. The number of amides is 1. The summed E-state index contributed by atoms with van der Waals surface area (Å²) in [4.78, 5) is 17.4. The molecule has 2 N–H and O–H groups in total. The van der Waals surface area contributed by atoms with Gasteiger partial charge in [0.2, 0.25) is 0 Å². The number of aryl methyl sites for hydroxylation is 1. The summed E-state index contributed by atoms with van der Waals surface area (Å²) in [7, 11) is 0. The first-order valence-electron chi connectivity index (χ1n) is 8.93. The van der Waals surface area contributed by atoms with E-state index in [1.54, 1.807) is 23.1 Å². The number of furan rings is 1. The molecule has 4 aromatic rings. The number of hydrogen-bond acceptors (Lipinski definition) is 6. The summed E-state index contributed by atoms with van der Waals surface area (Å²) in [6.07, 6.45) is 0. The smallest absolute Gasteiger partial charge is 0.292 e. The Morgan fingerprint density at radius 3 is 2.89 bits per heavy atom. The van der Waals surface area contributed by atoms with Crippen molar-refractivity contribution in [1.82, 2.24) is 15.2 Å². The Bertz CT molecular complexity index is 1130. The van der Waals surface area contributed by atoms with Crippen LogP contribution in [0.25, 0.3) is 11.0 Å². The van der Waals surface area contributed by atoms with Crippen molar-refractivity contribution >= 4 is 45.8 Å². The molecule has 0 saturated carbocycles. The molecule has 3 heterocycles. The molecule has 144 valence electrons. The highest BCUT2D eigenvalue weighted by Gasteiger charge is 2.22. The predicted molar refractivity (Wildman–Crippen MR) is 113 cm³/mol. The van der Waals surface area contributed by atoms with Gasteiger partial charge in [-0.15, -0.1) is 11.3 Å². The lowest BCUT2D eigenvalue weighted by atomic mass is 10.1. The van der Waals surface area contributed by atoms with Crippen LogP contribution in [0.3, 0.4) is 0 Å². The van der Waals surface area contributed by atoms with Gasteiger partial charge in [-0.3, -0.25) is 9.89 Å². The van der Waals surface area contributed by atoms with Gasteiger partial charge in [0.15, 0.2) is 11.6 Å². The van der Waals surface area contributed by atoms with Gasteiger partial charge in [0.25, 0.3) is 5.91 Å². The number of nitrogens with zero attached hydrogens (tertiary/aromatic N) is 2. The van der Waals surface area contributed by atoms with E-state index in [4.69, 9.17) is 4.42 Å². The van der Waals surface area contributed by atoms with Gasteiger partial charge < -0.3 is 9.73 Å². The molecule has 8 heteroatoms. The third-order valence-electron chi connectivity index (χ3n) is 4.30. The van der Waals surface area contributed by atoms with Crippen molar-refractivity contribution in [2.45, 2.75) is 36.8 Å². The molecule has 0 fully saturated rings. The number of H-pyrrole nitrogens is 1. The molecule has 1 aromatic carbocycles. The minimum absolute atomic E-state index is 0.302. The fourth-order valence-corrected chi connectivity index (χ4v) is 4.70. The predicted octanol–water partition coefficient (Wildman–Crippen LogP) is 5.59. The molecular weight excluding hydrogens is 392 g/mol. The van der Waals surface area contributed by atoms with Crippen LogP contribution in [0.5, 0.6) is 0 Å². The molecule has 1 amide bonds. The SMILES string of the molecule is Cc1csc(SCc2c(C(=O)Nc3cc(C(C)C)[nH]n3)oc3ccccc23)n1. The van der Waals surface area contributed by atoms with Gasteiger partial charge in [-0.05, 0) is 18.9 Å². The summed E-state index contributed by atoms with van der Waals surface area (Å²) in [5, 5.41) is 12.9. The number of fused-ring (bicyclic) bond motifs is 1. The maximum Gasteiger partial charge on any atom is 0.292 e. The van der Waals surface area contributed by atoms with E-state index in [1.165, 1.54) is 0 Å². The zero-order valence-electron chi connectivity index (χ0n) is 15.8. The van der Waals surface area contributed by atoms with Crippen LogP contribution >= 0.6 is 23.1 Å². The molecule has 0 atom stereocenters. The lowest BCUT2D eigenvalue weighted by Crippen LogP contribution is -2.13. The molecule has 0 bridgehead atoms. The van der Waals surface area contributed by atoms with E-state index in [9.17, 15) is 4.79 Å². The Balaban J connectivity index is 1.62. The number of anilines is 1. The van der Waals surface area contributed by atoms with Crippen molar-refractivity contribution in [3.63, 3.8) is 0 Å². The molecule has 0 saturated heterocycles. The van der Waals surface area contributed by atoms with Crippen molar-refractivity contribution < 1.29 is 9.21 Å². The average Bonchev–Trinajstić information content (AvgIpc) is 3.38. The molecule has 0 aliphatic rings. The van der Waals surface area contributed by atoms with Crippen molar-refractivity contribution in [3.05, 3.63) is 58.4 Å². The monoisotopic (exact) mass is 412 g/mol. The fourth-order valence-electron chi connectivity index (χ4n) is 2.83. The Labute approximate surface area is 170 Å². The number of hydrogen-bond donors (Lipinski definition) is 2. The number of thioether (sulfide) groups is 1. The minimum Gasteiger partial charge on any atom is -0.451 e. The van der Waals surface area contributed by atoms with Gasteiger partial charge in [-0.2, -0.15) is 5.10 Å². The number of thiazole rings is 1. The van der Waals surface area contributed by atoms with E-state index in [1.807, 2.05) is 42.6 Å². The third kappa shape index (κ3) is 3.83. The highest BCUT2D eigenvalue weighted by molar-refractivity contribution is 8.00. The van der Waals surface area contributed by atoms with Crippen LogP contribution in [0.15, 0.2) is 44.5 Å². The van der Waals surface area contributed by atoms with Crippen LogP contribution < -0.4 is 5.32 Å². The number of rotatable bonds is 6. The number of aromatic amines is 1. The normalized spacial score (nSPS) is 11.4. The van der Waals surface area contributed by atoms with Crippen molar-refractivity contribution in [2.24, 2.45) is 0 Å². The van der Waals surface area contributed by atoms with Gasteiger partial charge in [0.1, 0.15) is 9.92 Å². The number of carbonyl (C=O) groups is 1. The molecule has 0 aliphatic heterocycles. The quantitative estimate of drug-likeness (QED) is 0.403. The molecule has 6 nitrogen and oxygen atoms in total. The van der Waals surface area contributed by atoms with Gasteiger partial charge in [-0.25, -0.2) is 4.98 Å². The lowest BCUT2D eigenvalue weighted by Gasteiger charge is -2.03. The maximum absolute atomic E-state index is 12.9. The van der Waals surface area contributed by atoms with Crippen LogP contribution in [-0.2, 0) is 5.75 Å².